The molecule has 1 heterocycles. The van der Waals surface area contributed by atoms with Crippen molar-refractivity contribution in [2.24, 2.45) is 0 Å². The summed E-state index contributed by atoms with van der Waals surface area (Å²) in [6.07, 6.45) is 5.43. The van der Waals surface area contributed by atoms with Gasteiger partial charge in [-0.15, -0.1) is 0 Å². The van der Waals surface area contributed by atoms with Gasteiger partial charge in [-0.2, -0.15) is 0 Å². The topological polar surface area (TPSA) is 91.7 Å². The van der Waals surface area contributed by atoms with Crippen molar-refractivity contribution in [3.05, 3.63) is 89.4 Å². The zero-order chi connectivity index (χ0) is 24.8. The van der Waals surface area contributed by atoms with Crippen molar-refractivity contribution in [3.8, 4) is 0 Å². The highest BCUT2D eigenvalue weighted by molar-refractivity contribution is 6.04. The number of furan rings is 1. The normalized spacial score (nSPS) is 14.3. The molecule has 0 radical (unpaired) electrons. The first-order chi connectivity index (χ1) is 16.9. The molecule has 1 saturated carbocycles. The van der Waals surface area contributed by atoms with Gasteiger partial charge in [0, 0.05) is 11.7 Å². The van der Waals surface area contributed by atoms with Gasteiger partial charge in [0.25, 0.3) is 5.91 Å². The minimum Gasteiger partial charge on any atom is -0.459 e. The van der Waals surface area contributed by atoms with Crippen LogP contribution in [-0.4, -0.2) is 30.3 Å². The van der Waals surface area contributed by atoms with E-state index in [1.807, 2.05) is 62.4 Å². The fraction of sp³-hybridized carbons (Fsp3) is 0.321. The Kier molecular flexibility index (Phi) is 7.65. The maximum Gasteiger partial charge on any atom is 0.287 e. The highest BCUT2D eigenvalue weighted by atomic mass is 16.3. The number of hydrogen-bond acceptors (Lipinski definition) is 4. The van der Waals surface area contributed by atoms with Gasteiger partial charge in [-0.05, 0) is 62.1 Å². The lowest BCUT2D eigenvalue weighted by Crippen LogP contribution is -2.49. The molecule has 0 unspecified atom stereocenters. The predicted octanol–water partition coefficient (Wildman–Crippen LogP) is 4.46. The molecular formula is C28H31N3O4. The Morgan fingerprint density at radius 3 is 2.34 bits per heavy atom. The molecule has 2 N–H and O–H groups in total. The number of nitrogens with one attached hydrogen (secondary N) is 2. The van der Waals surface area contributed by atoms with Crippen molar-refractivity contribution >= 4 is 23.4 Å². The van der Waals surface area contributed by atoms with Gasteiger partial charge in [-0.3, -0.25) is 19.3 Å². The van der Waals surface area contributed by atoms with Crippen LogP contribution in [0.2, 0.25) is 0 Å². The van der Waals surface area contributed by atoms with Crippen LogP contribution in [0.5, 0.6) is 0 Å². The van der Waals surface area contributed by atoms with Crippen molar-refractivity contribution in [1.82, 2.24) is 10.6 Å². The number of carbonyl (C=O) groups excluding carboxylic acids is 3. The summed E-state index contributed by atoms with van der Waals surface area (Å²) >= 11 is 0. The number of nitrogens with zero attached hydrogens (tertiary/aromatic N) is 1. The molecule has 1 atom stereocenters. The van der Waals surface area contributed by atoms with E-state index in [2.05, 4.69) is 10.6 Å². The Bertz CT molecular complexity index is 1170. The second-order valence-electron chi connectivity index (χ2n) is 9.01. The fourth-order valence-corrected chi connectivity index (χ4v) is 4.52. The third-order valence-electron chi connectivity index (χ3n) is 6.42. The lowest BCUT2D eigenvalue weighted by atomic mass is 9.97. The smallest absolute Gasteiger partial charge is 0.287 e. The van der Waals surface area contributed by atoms with Crippen LogP contribution in [0.4, 0.5) is 5.69 Å². The quantitative estimate of drug-likeness (QED) is 0.505. The van der Waals surface area contributed by atoms with E-state index in [0.717, 1.165) is 42.4 Å². The molecule has 7 heteroatoms. The van der Waals surface area contributed by atoms with Crippen LogP contribution in [-0.2, 0) is 9.59 Å². The molecule has 1 aliphatic carbocycles. The highest BCUT2D eigenvalue weighted by Crippen LogP contribution is 2.31. The second-order valence-corrected chi connectivity index (χ2v) is 9.01. The summed E-state index contributed by atoms with van der Waals surface area (Å²) in [7, 11) is 0. The summed E-state index contributed by atoms with van der Waals surface area (Å²) < 4.78 is 5.13. The van der Waals surface area contributed by atoms with E-state index in [1.165, 1.54) is 17.2 Å². The molecule has 35 heavy (non-hydrogen) atoms. The second kappa shape index (κ2) is 11.0. The van der Waals surface area contributed by atoms with E-state index in [4.69, 9.17) is 4.42 Å². The van der Waals surface area contributed by atoms with Crippen molar-refractivity contribution in [2.75, 3.05) is 11.4 Å². The Hall–Kier alpha value is -3.87. The number of anilines is 1. The molecular weight excluding hydrogens is 442 g/mol. The number of amides is 3. The standard InChI is InChI=1S/C28H31N3O4/c1-19-13-15-22(16-14-19)31(25(32)18-29-27(33)24-12-7-17-35-24)26(23-11-6-3-8-20(23)2)28(34)30-21-9-4-5-10-21/h3,6-8,11-17,21,26H,4-5,9-10,18H2,1-2H3,(H,29,33)(H,30,34)/t26-/m0/s1. The number of benzene rings is 2. The zero-order valence-corrected chi connectivity index (χ0v) is 20.1. The first-order valence-electron chi connectivity index (χ1n) is 12.0. The van der Waals surface area contributed by atoms with E-state index >= 15 is 0 Å². The molecule has 4 rings (SSSR count). The molecule has 0 spiro atoms. The molecule has 2 aromatic carbocycles. The van der Waals surface area contributed by atoms with Crippen LogP contribution in [0.3, 0.4) is 0 Å². The van der Waals surface area contributed by atoms with Crippen LogP contribution >= 0.6 is 0 Å². The van der Waals surface area contributed by atoms with Gasteiger partial charge in [0.1, 0.15) is 6.04 Å². The Labute approximate surface area is 205 Å². The molecule has 182 valence electrons. The molecule has 7 nitrogen and oxygen atoms in total. The van der Waals surface area contributed by atoms with Gasteiger partial charge in [0.2, 0.25) is 11.8 Å². The molecule has 3 aromatic rings. The monoisotopic (exact) mass is 473 g/mol. The maximum atomic E-state index is 13.8. The number of carbonyl (C=O) groups is 3. The summed E-state index contributed by atoms with van der Waals surface area (Å²) in [5, 5.41) is 5.80. The van der Waals surface area contributed by atoms with E-state index in [-0.39, 0.29) is 24.3 Å². The highest BCUT2D eigenvalue weighted by Gasteiger charge is 2.35. The van der Waals surface area contributed by atoms with E-state index < -0.39 is 17.9 Å². The largest absolute Gasteiger partial charge is 0.459 e. The Balaban J connectivity index is 1.69. The minimum absolute atomic E-state index is 0.0997. The molecule has 0 bridgehead atoms. The Morgan fingerprint density at radius 2 is 1.69 bits per heavy atom. The van der Waals surface area contributed by atoms with Crippen LogP contribution in [0.15, 0.2) is 71.3 Å². The molecule has 3 amide bonds. The van der Waals surface area contributed by atoms with Gasteiger partial charge in [-0.25, -0.2) is 0 Å². The molecule has 1 fully saturated rings. The number of rotatable bonds is 8. The van der Waals surface area contributed by atoms with Gasteiger partial charge in [-0.1, -0.05) is 54.8 Å². The van der Waals surface area contributed by atoms with Crippen molar-refractivity contribution in [1.29, 1.82) is 0 Å². The summed E-state index contributed by atoms with van der Waals surface area (Å²) in [5.74, 6) is -0.995. The first kappa shape index (κ1) is 24.3. The minimum atomic E-state index is -0.882. The number of aryl methyl sites for hydroxylation is 2. The van der Waals surface area contributed by atoms with Crippen molar-refractivity contribution < 1.29 is 18.8 Å². The third-order valence-corrected chi connectivity index (χ3v) is 6.42. The van der Waals surface area contributed by atoms with Crippen molar-refractivity contribution in [3.63, 3.8) is 0 Å². The molecule has 1 aromatic heterocycles. The predicted molar refractivity (Wildman–Crippen MR) is 134 cm³/mol. The average Bonchev–Trinajstić information content (AvgIpc) is 3.57. The van der Waals surface area contributed by atoms with Gasteiger partial charge in [0.05, 0.1) is 12.8 Å². The van der Waals surface area contributed by atoms with E-state index in [9.17, 15) is 14.4 Å². The molecule has 0 aliphatic heterocycles. The van der Waals surface area contributed by atoms with Gasteiger partial charge in [0.15, 0.2) is 5.76 Å². The van der Waals surface area contributed by atoms with E-state index in [1.54, 1.807) is 6.07 Å². The fourth-order valence-electron chi connectivity index (χ4n) is 4.52. The van der Waals surface area contributed by atoms with Crippen LogP contribution < -0.4 is 15.5 Å². The van der Waals surface area contributed by atoms with Crippen LogP contribution in [0.25, 0.3) is 0 Å². The van der Waals surface area contributed by atoms with Gasteiger partial charge >= 0.3 is 0 Å². The lowest BCUT2D eigenvalue weighted by molar-refractivity contribution is -0.126. The summed E-state index contributed by atoms with van der Waals surface area (Å²) in [6.45, 7) is 3.61. The lowest BCUT2D eigenvalue weighted by Gasteiger charge is -2.33. The SMILES string of the molecule is Cc1ccc(N(C(=O)CNC(=O)c2ccco2)[C@H](C(=O)NC2CCCC2)c2ccccc2C)cc1. The summed E-state index contributed by atoms with van der Waals surface area (Å²) in [6, 6.07) is 17.4. The average molecular weight is 474 g/mol. The summed E-state index contributed by atoms with van der Waals surface area (Å²) in [4.78, 5) is 41.3. The van der Waals surface area contributed by atoms with E-state index in [0.29, 0.717) is 5.69 Å². The zero-order valence-electron chi connectivity index (χ0n) is 20.1. The van der Waals surface area contributed by atoms with Crippen LogP contribution in [0.1, 0.15) is 59.0 Å². The third kappa shape index (κ3) is 5.80. The van der Waals surface area contributed by atoms with Crippen LogP contribution in [0, 0.1) is 13.8 Å². The van der Waals surface area contributed by atoms with Crippen molar-refractivity contribution in [2.45, 2.75) is 51.6 Å². The Morgan fingerprint density at radius 1 is 0.971 bits per heavy atom. The maximum absolute atomic E-state index is 13.8. The molecule has 1 aliphatic rings. The first-order valence-corrected chi connectivity index (χ1v) is 12.0. The molecule has 0 saturated heterocycles. The number of hydrogen-bond donors (Lipinski definition) is 2. The summed E-state index contributed by atoms with van der Waals surface area (Å²) in [5.41, 5.74) is 3.27. The van der Waals surface area contributed by atoms with Gasteiger partial charge < -0.3 is 15.1 Å².